The first-order valence-electron chi connectivity index (χ1n) is 9.29. The average molecular weight is 419 g/mol. The van der Waals surface area contributed by atoms with E-state index in [1.807, 2.05) is 91.9 Å². The van der Waals surface area contributed by atoms with Crippen molar-refractivity contribution in [1.82, 2.24) is 10.3 Å². The Balaban J connectivity index is 1.68. The van der Waals surface area contributed by atoms with Crippen molar-refractivity contribution >= 4 is 40.2 Å². The highest BCUT2D eigenvalue weighted by molar-refractivity contribution is 7.99. The summed E-state index contributed by atoms with van der Waals surface area (Å²) < 4.78 is 0. The fourth-order valence-corrected chi connectivity index (χ4v) is 4.29. The number of nitrogens with zero attached hydrogens (tertiary/aromatic N) is 1. The van der Waals surface area contributed by atoms with Crippen molar-refractivity contribution in [2.45, 2.75) is 22.9 Å². The molecule has 5 heteroatoms. The van der Waals surface area contributed by atoms with Crippen LogP contribution in [-0.4, -0.2) is 10.9 Å². The van der Waals surface area contributed by atoms with Gasteiger partial charge in [0.15, 0.2) is 0 Å². The van der Waals surface area contributed by atoms with E-state index >= 15 is 0 Å². The van der Waals surface area contributed by atoms with Crippen LogP contribution in [0.4, 0.5) is 0 Å². The summed E-state index contributed by atoms with van der Waals surface area (Å²) in [6, 6.07) is 27.0. The summed E-state index contributed by atoms with van der Waals surface area (Å²) in [5, 5.41) is 5.37. The minimum atomic E-state index is -0.118. The number of hydrogen-bond donors (Lipinski definition) is 1. The van der Waals surface area contributed by atoms with Crippen molar-refractivity contribution < 1.29 is 4.79 Å². The van der Waals surface area contributed by atoms with E-state index in [1.54, 1.807) is 0 Å². The normalized spacial score (nSPS) is 11.9. The van der Waals surface area contributed by atoms with E-state index in [1.165, 1.54) is 11.8 Å². The van der Waals surface area contributed by atoms with Gasteiger partial charge in [0.1, 0.15) is 5.03 Å². The number of carbonyl (C=O) groups excluding carboxylic acids is 1. The van der Waals surface area contributed by atoms with E-state index in [-0.39, 0.29) is 11.9 Å². The summed E-state index contributed by atoms with van der Waals surface area (Å²) in [7, 11) is 0. The molecule has 1 aromatic heterocycles. The molecule has 0 radical (unpaired) electrons. The number of hydrogen-bond acceptors (Lipinski definition) is 3. The first-order chi connectivity index (χ1) is 14.1. The van der Waals surface area contributed by atoms with Crippen molar-refractivity contribution in [3.8, 4) is 0 Å². The van der Waals surface area contributed by atoms with Gasteiger partial charge in [-0.15, -0.1) is 0 Å². The Labute approximate surface area is 179 Å². The summed E-state index contributed by atoms with van der Waals surface area (Å²) >= 11 is 7.59. The highest BCUT2D eigenvalue weighted by Crippen LogP contribution is 2.31. The largest absolute Gasteiger partial charge is 0.345 e. The maximum Gasteiger partial charge on any atom is 0.252 e. The van der Waals surface area contributed by atoms with Gasteiger partial charge in [0.05, 0.1) is 17.1 Å². The van der Waals surface area contributed by atoms with Crippen LogP contribution in [0.2, 0.25) is 5.02 Å². The lowest BCUT2D eigenvalue weighted by molar-refractivity contribution is 0.0941. The summed E-state index contributed by atoms with van der Waals surface area (Å²) in [4.78, 5) is 18.8. The van der Waals surface area contributed by atoms with Crippen molar-refractivity contribution in [1.29, 1.82) is 0 Å². The van der Waals surface area contributed by atoms with Gasteiger partial charge >= 0.3 is 0 Å². The SMILES string of the molecule is C[C@H](NC(=O)c1cc(Sc2cccc(Cl)c2)nc2ccccc12)c1ccccc1. The predicted octanol–water partition coefficient (Wildman–Crippen LogP) is 6.53. The minimum absolute atomic E-state index is 0.0975. The molecule has 3 nitrogen and oxygen atoms in total. The number of halogens is 1. The third-order valence-electron chi connectivity index (χ3n) is 4.60. The Morgan fingerprint density at radius 1 is 0.966 bits per heavy atom. The fraction of sp³-hybridized carbons (Fsp3) is 0.0833. The molecule has 0 unspecified atom stereocenters. The minimum Gasteiger partial charge on any atom is -0.345 e. The Morgan fingerprint density at radius 2 is 1.72 bits per heavy atom. The number of benzene rings is 3. The molecule has 0 bridgehead atoms. The molecule has 0 fully saturated rings. The van der Waals surface area contributed by atoms with Gasteiger partial charge in [-0.05, 0) is 42.8 Å². The lowest BCUT2D eigenvalue weighted by atomic mass is 10.1. The average Bonchev–Trinajstić information content (AvgIpc) is 2.73. The summed E-state index contributed by atoms with van der Waals surface area (Å²) in [5.41, 5.74) is 2.47. The smallest absolute Gasteiger partial charge is 0.252 e. The zero-order chi connectivity index (χ0) is 20.2. The van der Waals surface area contributed by atoms with Crippen molar-refractivity contribution in [3.05, 3.63) is 101 Å². The first kappa shape index (κ1) is 19.5. The van der Waals surface area contributed by atoms with Crippen LogP contribution < -0.4 is 5.32 Å². The maximum absolute atomic E-state index is 13.1. The topological polar surface area (TPSA) is 42.0 Å². The molecule has 144 valence electrons. The number of carbonyl (C=O) groups is 1. The second kappa shape index (κ2) is 8.68. The highest BCUT2D eigenvalue weighted by atomic mass is 35.5. The molecule has 1 atom stereocenters. The zero-order valence-corrected chi connectivity index (χ0v) is 17.4. The van der Waals surface area contributed by atoms with E-state index in [4.69, 9.17) is 16.6 Å². The molecule has 1 heterocycles. The van der Waals surface area contributed by atoms with Gasteiger partial charge in [0, 0.05) is 15.3 Å². The molecular weight excluding hydrogens is 400 g/mol. The van der Waals surface area contributed by atoms with Crippen LogP contribution in [0.3, 0.4) is 0 Å². The van der Waals surface area contributed by atoms with E-state index < -0.39 is 0 Å². The zero-order valence-electron chi connectivity index (χ0n) is 15.8. The van der Waals surface area contributed by atoms with Crippen LogP contribution in [0.5, 0.6) is 0 Å². The lowest BCUT2D eigenvalue weighted by Gasteiger charge is -2.16. The van der Waals surface area contributed by atoms with Crippen LogP contribution >= 0.6 is 23.4 Å². The van der Waals surface area contributed by atoms with Crippen LogP contribution in [-0.2, 0) is 0 Å². The molecule has 1 N–H and O–H groups in total. The fourth-order valence-electron chi connectivity index (χ4n) is 3.14. The van der Waals surface area contributed by atoms with Gasteiger partial charge in [-0.1, -0.05) is 78.0 Å². The van der Waals surface area contributed by atoms with Gasteiger partial charge in [-0.3, -0.25) is 4.79 Å². The Kier molecular flexibility index (Phi) is 5.84. The second-order valence-corrected chi connectivity index (χ2v) is 8.22. The van der Waals surface area contributed by atoms with E-state index in [9.17, 15) is 4.79 Å². The molecule has 0 saturated carbocycles. The summed E-state index contributed by atoms with van der Waals surface area (Å²) in [6.07, 6.45) is 0. The maximum atomic E-state index is 13.1. The standard InChI is InChI=1S/C24H19ClN2OS/c1-16(17-8-3-2-4-9-17)26-24(28)21-15-23(27-22-13-6-5-12-20(21)22)29-19-11-7-10-18(25)14-19/h2-16H,1H3,(H,26,28)/t16-/m0/s1. The molecule has 4 rings (SSSR count). The number of fused-ring (bicyclic) bond motifs is 1. The van der Waals surface area contributed by atoms with Crippen molar-refractivity contribution in [3.63, 3.8) is 0 Å². The molecule has 1 amide bonds. The van der Waals surface area contributed by atoms with Gasteiger partial charge < -0.3 is 5.32 Å². The molecule has 0 aliphatic rings. The predicted molar refractivity (Wildman–Crippen MR) is 120 cm³/mol. The van der Waals surface area contributed by atoms with Crippen LogP contribution in [0.1, 0.15) is 28.9 Å². The Hall–Kier alpha value is -2.82. The van der Waals surface area contributed by atoms with Crippen LogP contribution in [0.15, 0.2) is 94.9 Å². The number of amides is 1. The number of pyridine rings is 1. The van der Waals surface area contributed by atoms with Gasteiger partial charge in [-0.25, -0.2) is 4.98 Å². The lowest BCUT2D eigenvalue weighted by Crippen LogP contribution is -2.27. The van der Waals surface area contributed by atoms with Crippen LogP contribution in [0, 0.1) is 0 Å². The quantitative estimate of drug-likeness (QED) is 0.400. The monoisotopic (exact) mass is 418 g/mol. The molecule has 3 aromatic carbocycles. The number of rotatable bonds is 5. The molecular formula is C24H19ClN2OS. The van der Waals surface area contributed by atoms with Gasteiger partial charge in [-0.2, -0.15) is 0 Å². The van der Waals surface area contributed by atoms with Gasteiger partial charge in [0.25, 0.3) is 5.91 Å². The molecule has 0 aliphatic carbocycles. The summed E-state index contributed by atoms with van der Waals surface area (Å²) in [6.45, 7) is 1.98. The third kappa shape index (κ3) is 4.61. The molecule has 0 spiro atoms. The Bertz CT molecular complexity index is 1160. The van der Waals surface area contributed by atoms with Crippen LogP contribution in [0.25, 0.3) is 10.9 Å². The summed E-state index contributed by atoms with van der Waals surface area (Å²) in [5.74, 6) is -0.118. The third-order valence-corrected chi connectivity index (χ3v) is 5.75. The van der Waals surface area contributed by atoms with E-state index in [2.05, 4.69) is 5.32 Å². The number of para-hydroxylation sites is 1. The van der Waals surface area contributed by atoms with Gasteiger partial charge in [0.2, 0.25) is 0 Å². The second-order valence-electron chi connectivity index (χ2n) is 6.69. The number of nitrogens with one attached hydrogen (secondary N) is 1. The van der Waals surface area contributed by atoms with Crippen molar-refractivity contribution in [2.75, 3.05) is 0 Å². The molecule has 0 saturated heterocycles. The molecule has 29 heavy (non-hydrogen) atoms. The molecule has 4 aromatic rings. The van der Waals surface area contributed by atoms with E-state index in [0.29, 0.717) is 10.6 Å². The highest BCUT2D eigenvalue weighted by Gasteiger charge is 2.16. The first-order valence-corrected chi connectivity index (χ1v) is 10.5. The number of aromatic nitrogens is 1. The van der Waals surface area contributed by atoms with E-state index in [0.717, 1.165) is 26.4 Å². The Morgan fingerprint density at radius 3 is 2.52 bits per heavy atom. The van der Waals surface area contributed by atoms with Crippen molar-refractivity contribution in [2.24, 2.45) is 0 Å². The molecule has 0 aliphatic heterocycles.